The van der Waals surface area contributed by atoms with Crippen molar-refractivity contribution in [3.63, 3.8) is 0 Å². The quantitative estimate of drug-likeness (QED) is 0.832. The monoisotopic (exact) mass is 243 g/mol. The molecular weight excluding hydrogens is 229 g/mol. The maximum Gasteiger partial charge on any atom is 0.157 e. The zero-order valence-electron chi connectivity index (χ0n) is 10.1. The number of hydrogen-bond acceptors (Lipinski definition) is 2. The van der Waals surface area contributed by atoms with Crippen molar-refractivity contribution in [1.29, 1.82) is 0 Å². The molecule has 0 unspecified atom stereocenters. The van der Waals surface area contributed by atoms with Crippen LogP contribution >= 0.6 is 0 Å². The number of hydrogen-bond donors (Lipinski definition) is 1. The van der Waals surface area contributed by atoms with Crippen molar-refractivity contribution in [3.8, 4) is 0 Å². The van der Waals surface area contributed by atoms with Crippen molar-refractivity contribution in [3.05, 3.63) is 65.0 Å². The molecule has 0 aliphatic rings. The van der Waals surface area contributed by atoms with Crippen LogP contribution in [0.2, 0.25) is 0 Å². The van der Waals surface area contributed by atoms with Crippen LogP contribution < -0.4 is 5.32 Å². The molecule has 0 spiro atoms. The van der Waals surface area contributed by atoms with Crippen molar-refractivity contribution in [2.75, 3.05) is 5.32 Å². The molecular formula is C15H14FNO. The highest BCUT2D eigenvalue weighted by Gasteiger charge is 2.09. The van der Waals surface area contributed by atoms with Crippen molar-refractivity contribution in [2.24, 2.45) is 0 Å². The van der Waals surface area contributed by atoms with Crippen molar-refractivity contribution in [1.82, 2.24) is 0 Å². The van der Waals surface area contributed by atoms with Gasteiger partial charge in [0.25, 0.3) is 0 Å². The van der Waals surface area contributed by atoms with Crippen molar-refractivity contribution < 1.29 is 9.18 Å². The van der Waals surface area contributed by atoms with Crippen LogP contribution in [0.15, 0.2) is 42.5 Å². The molecule has 2 nitrogen and oxygen atoms in total. The molecule has 2 aromatic carbocycles. The summed E-state index contributed by atoms with van der Waals surface area (Å²) in [7, 11) is 0. The van der Waals surface area contributed by atoms with Gasteiger partial charge in [-0.1, -0.05) is 36.4 Å². The normalized spacial score (nSPS) is 10.1. The number of carbonyl (C=O) groups is 1. The molecule has 18 heavy (non-hydrogen) atoms. The molecule has 92 valence electrons. The van der Waals surface area contributed by atoms with Gasteiger partial charge in [0, 0.05) is 6.54 Å². The lowest BCUT2D eigenvalue weighted by atomic mass is 10.1. The summed E-state index contributed by atoms with van der Waals surface area (Å²) in [5.74, 6) is -0.485. The third kappa shape index (κ3) is 2.56. The average molecular weight is 243 g/mol. The third-order valence-electron chi connectivity index (χ3n) is 2.84. The van der Waals surface area contributed by atoms with E-state index in [0.717, 1.165) is 5.56 Å². The Morgan fingerprint density at radius 3 is 2.56 bits per heavy atom. The van der Waals surface area contributed by atoms with Crippen molar-refractivity contribution >= 4 is 12.0 Å². The number of aldehydes is 1. The van der Waals surface area contributed by atoms with Crippen LogP contribution in [-0.4, -0.2) is 6.29 Å². The van der Waals surface area contributed by atoms with Gasteiger partial charge in [0.1, 0.15) is 0 Å². The van der Waals surface area contributed by atoms with Gasteiger partial charge >= 0.3 is 0 Å². The zero-order valence-corrected chi connectivity index (χ0v) is 10.1. The van der Waals surface area contributed by atoms with Gasteiger partial charge < -0.3 is 5.32 Å². The molecule has 0 saturated heterocycles. The highest BCUT2D eigenvalue weighted by molar-refractivity contribution is 5.80. The Morgan fingerprint density at radius 1 is 1.17 bits per heavy atom. The van der Waals surface area contributed by atoms with Gasteiger partial charge in [-0.25, -0.2) is 4.39 Å². The molecule has 2 rings (SSSR count). The second kappa shape index (κ2) is 5.45. The average Bonchev–Trinajstić information content (AvgIpc) is 2.40. The summed E-state index contributed by atoms with van der Waals surface area (Å²) in [6.07, 6.45) is 0.554. The largest absolute Gasteiger partial charge is 0.379 e. The number of benzene rings is 2. The molecule has 0 atom stereocenters. The molecule has 0 fully saturated rings. The number of carbonyl (C=O) groups excluding carboxylic acids is 1. The zero-order chi connectivity index (χ0) is 13.0. The highest BCUT2D eigenvalue weighted by Crippen LogP contribution is 2.20. The lowest BCUT2D eigenvalue weighted by Crippen LogP contribution is -2.04. The molecule has 0 amide bonds. The standard InChI is InChI=1S/C15H14FNO/c1-11-7-8-14(15(16)13(11)10-18)17-9-12-5-3-2-4-6-12/h2-8,10,17H,9H2,1H3. The summed E-state index contributed by atoms with van der Waals surface area (Å²) < 4.78 is 13.9. The van der Waals surface area contributed by atoms with Crippen LogP contribution in [0.1, 0.15) is 21.5 Å². The topological polar surface area (TPSA) is 29.1 Å². The summed E-state index contributed by atoms with van der Waals surface area (Å²) in [6, 6.07) is 13.1. The molecule has 0 aliphatic heterocycles. The summed E-state index contributed by atoms with van der Waals surface area (Å²) in [4.78, 5) is 10.8. The van der Waals surface area contributed by atoms with E-state index in [2.05, 4.69) is 5.32 Å². The number of anilines is 1. The van der Waals surface area contributed by atoms with E-state index in [0.29, 0.717) is 24.1 Å². The molecule has 0 aliphatic carbocycles. The van der Waals surface area contributed by atoms with Gasteiger partial charge in [-0.05, 0) is 24.1 Å². The fourth-order valence-corrected chi connectivity index (χ4v) is 1.76. The lowest BCUT2D eigenvalue weighted by Gasteiger charge is -2.10. The van der Waals surface area contributed by atoms with Gasteiger partial charge in [0.05, 0.1) is 11.3 Å². The Balaban J connectivity index is 2.18. The lowest BCUT2D eigenvalue weighted by molar-refractivity contribution is 0.111. The first-order valence-corrected chi connectivity index (χ1v) is 5.74. The minimum Gasteiger partial charge on any atom is -0.379 e. The fraction of sp³-hybridized carbons (Fsp3) is 0.133. The van der Waals surface area contributed by atoms with E-state index in [1.807, 2.05) is 30.3 Å². The van der Waals surface area contributed by atoms with Gasteiger partial charge in [-0.15, -0.1) is 0 Å². The summed E-state index contributed by atoms with van der Waals surface area (Å²) in [5.41, 5.74) is 2.18. The van der Waals surface area contributed by atoms with Gasteiger partial charge in [-0.3, -0.25) is 4.79 Å². The summed E-state index contributed by atoms with van der Waals surface area (Å²) in [5, 5.41) is 3.00. The van der Waals surface area contributed by atoms with E-state index < -0.39 is 5.82 Å². The number of halogens is 1. The molecule has 0 aromatic heterocycles. The third-order valence-corrected chi connectivity index (χ3v) is 2.84. The van der Waals surface area contributed by atoms with Gasteiger partial charge in [-0.2, -0.15) is 0 Å². The number of rotatable bonds is 4. The highest BCUT2D eigenvalue weighted by atomic mass is 19.1. The second-order valence-corrected chi connectivity index (χ2v) is 4.11. The molecule has 0 saturated carbocycles. The second-order valence-electron chi connectivity index (χ2n) is 4.11. The first-order chi connectivity index (χ1) is 8.72. The van der Waals surface area contributed by atoms with Crippen LogP contribution in [0.5, 0.6) is 0 Å². The first kappa shape index (κ1) is 12.3. The van der Waals surface area contributed by atoms with E-state index in [1.165, 1.54) is 0 Å². The van der Waals surface area contributed by atoms with Crippen LogP contribution in [0, 0.1) is 12.7 Å². The number of aryl methyl sites for hydroxylation is 1. The summed E-state index contributed by atoms with van der Waals surface area (Å²) in [6.45, 7) is 2.24. The Kier molecular flexibility index (Phi) is 3.72. The predicted molar refractivity (Wildman–Crippen MR) is 70.3 cm³/mol. The molecule has 1 N–H and O–H groups in total. The molecule has 2 aromatic rings. The molecule has 0 heterocycles. The number of nitrogens with one attached hydrogen (secondary N) is 1. The molecule has 3 heteroatoms. The molecule has 0 radical (unpaired) electrons. The first-order valence-electron chi connectivity index (χ1n) is 5.74. The predicted octanol–water partition coefficient (Wildman–Crippen LogP) is 3.56. The van der Waals surface area contributed by atoms with E-state index in [-0.39, 0.29) is 5.56 Å². The van der Waals surface area contributed by atoms with Gasteiger partial charge in [0.15, 0.2) is 12.1 Å². The maximum absolute atomic E-state index is 13.9. The van der Waals surface area contributed by atoms with Gasteiger partial charge in [0.2, 0.25) is 0 Å². The smallest absolute Gasteiger partial charge is 0.157 e. The minimum absolute atomic E-state index is 0.119. The van der Waals surface area contributed by atoms with Crippen LogP contribution in [0.25, 0.3) is 0 Å². The Hall–Kier alpha value is -2.16. The van der Waals surface area contributed by atoms with E-state index >= 15 is 0 Å². The Bertz CT molecular complexity index is 552. The Morgan fingerprint density at radius 2 is 1.89 bits per heavy atom. The minimum atomic E-state index is -0.485. The fourth-order valence-electron chi connectivity index (χ4n) is 1.76. The van der Waals surface area contributed by atoms with E-state index in [4.69, 9.17) is 0 Å². The summed E-state index contributed by atoms with van der Waals surface area (Å²) >= 11 is 0. The molecule has 0 bridgehead atoms. The van der Waals surface area contributed by atoms with E-state index in [1.54, 1.807) is 19.1 Å². The van der Waals surface area contributed by atoms with Crippen LogP contribution in [0.3, 0.4) is 0 Å². The van der Waals surface area contributed by atoms with E-state index in [9.17, 15) is 9.18 Å². The van der Waals surface area contributed by atoms with Crippen LogP contribution in [0.4, 0.5) is 10.1 Å². The Labute approximate surface area is 105 Å². The maximum atomic E-state index is 13.9. The SMILES string of the molecule is Cc1ccc(NCc2ccccc2)c(F)c1C=O. The van der Waals surface area contributed by atoms with Crippen LogP contribution in [-0.2, 0) is 6.54 Å². The van der Waals surface area contributed by atoms with Crippen molar-refractivity contribution in [2.45, 2.75) is 13.5 Å².